The molecule has 1 N–H and O–H groups in total. The summed E-state index contributed by atoms with van der Waals surface area (Å²) < 4.78 is 0. The summed E-state index contributed by atoms with van der Waals surface area (Å²) in [5.41, 5.74) is 17.7. The van der Waals surface area contributed by atoms with Crippen LogP contribution in [-0.4, -0.2) is 26.2 Å². The summed E-state index contributed by atoms with van der Waals surface area (Å²) in [5.74, 6) is 0. The molecule has 0 aromatic heterocycles. The summed E-state index contributed by atoms with van der Waals surface area (Å²) in [5, 5.41) is 4.03. The van der Waals surface area contributed by atoms with E-state index in [1.165, 1.54) is 98.2 Å². The van der Waals surface area contributed by atoms with Crippen molar-refractivity contribution >= 4 is 54.3 Å². The second kappa shape index (κ2) is 11.2. The molecule has 2 nitrogen and oxygen atoms in total. The van der Waals surface area contributed by atoms with Gasteiger partial charge in [0, 0.05) is 0 Å². The Morgan fingerprint density at radius 2 is 1.37 bits per heavy atom. The van der Waals surface area contributed by atoms with Gasteiger partial charge in [-0.2, -0.15) is 0 Å². The number of hydrogen-bond donors (Lipinski definition) is 1. The standard InChI is InChI=1S/C47H41B2N2/c1-45-26-12-13-27-46(45,2)51-41-29-31(30-48-3)28-35(42(41)49-39-24-15-23-38(45)44(39)51)34-20-14-22-37-43(34)50-40-25-11-10-21-36(40)47(37,32-16-6-4-7-17-32)33-18-8-5-9-19-33/h4-11,14-25,28-29,50H,3,12-13,26-27,30H2,1-2H3. The summed E-state index contributed by atoms with van der Waals surface area (Å²) in [6.45, 7) is 11.3. The number of benzene rings is 6. The molecular weight excluding hydrogens is 614 g/mol. The van der Waals surface area contributed by atoms with Gasteiger partial charge < -0.3 is 0 Å². The second-order valence-corrected chi connectivity index (χ2v) is 15.5. The van der Waals surface area contributed by atoms with Crippen LogP contribution in [-0.2, 0) is 17.2 Å². The van der Waals surface area contributed by atoms with E-state index in [1.54, 1.807) is 0 Å². The van der Waals surface area contributed by atoms with Crippen LogP contribution in [0.25, 0.3) is 11.1 Å². The first-order valence-electron chi connectivity index (χ1n) is 18.7. The average Bonchev–Trinajstić information content (AvgIpc) is 3.39. The van der Waals surface area contributed by atoms with Gasteiger partial charge in [-0.25, -0.2) is 0 Å². The van der Waals surface area contributed by atoms with E-state index in [0.717, 1.165) is 12.0 Å². The van der Waals surface area contributed by atoms with Gasteiger partial charge in [-0.3, -0.25) is 0 Å². The average molecular weight is 655 g/mol. The normalized spacial score (nSPS) is 21.5. The number of hydrogen-bond acceptors (Lipinski definition) is 2. The third kappa shape index (κ3) is 4.05. The molecule has 2 atom stereocenters. The molecule has 1 radical (unpaired) electrons. The summed E-state index contributed by atoms with van der Waals surface area (Å²) in [6, 6.07) is 50.0. The summed E-state index contributed by atoms with van der Waals surface area (Å²) >= 11 is 0. The first-order chi connectivity index (χ1) is 25.0. The molecule has 0 saturated heterocycles. The number of rotatable bonds is 5. The molecule has 0 spiro atoms. The van der Waals surface area contributed by atoms with E-state index in [1.807, 2.05) is 0 Å². The zero-order chi connectivity index (χ0) is 34.4. The third-order valence-corrected chi connectivity index (χ3v) is 13.1. The van der Waals surface area contributed by atoms with Crippen LogP contribution in [0.1, 0.15) is 72.9 Å². The molecule has 6 aromatic carbocycles. The van der Waals surface area contributed by atoms with Crippen LogP contribution in [0.4, 0.5) is 22.7 Å². The molecular formula is C47H41B2N2. The van der Waals surface area contributed by atoms with Gasteiger partial charge in [0.15, 0.2) is 0 Å². The molecule has 4 aliphatic rings. The van der Waals surface area contributed by atoms with Crippen LogP contribution < -0.4 is 21.1 Å². The number of nitrogens with zero attached hydrogens (tertiary/aromatic N) is 1. The van der Waals surface area contributed by atoms with Gasteiger partial charge >= 0.3 is 305 Å². The quantitative estimate of drug-likeness (QED) is 0.186. The SMILES string of the molecule is C=BCc1cc(-c2cccc3c2Nc2ccccc2C3(c2ccccc2)c2ccccc2)c2c(c1)N1c3c(cccc3C3(C)CCCCC13C)[B]2. The maximum absolute atomic E-state index is 4.19. The fraction of sp³-hybridized carbons (Fsp3) is 0.213. The van der Waals surface area contributed by atoms with Crippen LogP contribution in [0.15, 0.2) is 133 Å². The van der Waals surface area contributed by atoms with Crippen LogP contribution in [0.5, 0.6) is 0 Å². The van der Waals surface area contributed by atoms with Crippen molar-refractivity contribution in [1.29, 1.82) is 0 Å². The van der Waals surface area contributed by atoms with Crippen molar-refractivity contribution in [1.82, 2.24) is 0 Å². The van der Waals surface area contributed by atoms with E-state index in [4.69, 9.17) is 0 Å². The topological polar surface area (TPSA) is 15.3 Å². The van der Waals surface area contributed by atoms with Crippen molar-refractivity contribution in [2.45, 2.75) is 62.2 Å². The number of anilines is 4. The molecule has 3 aliphatic heterocycles. The van der Waals surface area contributed by atoms with Gasteiger partial charge in [-0.15, -0.1) is 0 Å². The molecule has 1 fully saturated rings. The molecule has 6 aromatic rings. The molecule has 3 heterocycles. The first-order valence-corrected chi connectivity index (χ1v) is 18.7. The Balaban J connectivity index is 1.27. The Bertz CT molecular complexity index is 2330. The molecule has 10 rings (SSSR count). The Labute approximate surface area is 303 Å². The van der Waals surface area contributed by atoms with Gasteiger partial charge in [0.1, 0.15) is 0 Å². The van der Waals surface area contributed by atoms with Crippen LogP contribution in [0, 0.1) is 0 Å². The Hall–Kier alpha value is -5.08. The van der Waals surface area contributed by atoms with Crippen molar-refractivity contribution in [3.8, 4) is 11.1 Å². The fourth-order valence-corrected chi connectivity index (χ4v) is 10.6. The first kappa shape index (κ1) is 30.7. The van der Waals surface area contributed by atoms with Crippen LogP contribution in [0.3, 0.4) is 0 Å². The molecule has 4 heteroatoms. The minimum atomic E-state index is -0.508. The van der Waals surface area contributed by atoms with Crippen molar-refractivity contribution in [2.24, 2.45) is 0 Å². The van der Waals surface area contributed by atoms with Gasteiger partial charge in [0.05, 0.1) is 0 Å². The molecule has 0 amide bonds. The zero-order valence-corrected chi connectivity index (χ0v) is 29.5. The van der Waals surface area contributed by atoms with Crippen molar-refractivity contribution in [2.75, 3.05) is 10.2 Å². The van der Waals surface area contributed by atoms with E-state index in [0.29, 0.717) is 0 Å². The molecule has 1 saturated carbocycles. The molecule has 51 heavy (non-hydrogen) atoms. The molecule has 245 valence electrons. The van der Waals surface area contributed by atoms with Crippen molar-refractivity contribution < 1.29 is 0 Å². The van der Waals surface area contributed by atoms with Crippen LogP contribution in [0.2, 0.25) is 0 Å². The van der Waals surface area contributed by atoms with E-state index < -0.39 is 5.41 Å². The Morgan fingerprint density at radius 3 is 2.14 bits per heavy atom. The number of para-hydroxylation sites is 3. The van der Waals surface area contributed by atoms with Gasteiger partial charge in [0.2, 0.25) is 0 Å². The van der Waals surface area contributed by atoms with E-state index in [-0.39, 0.29) is 11.0 Å². The predicted molar refractivity (Wildman–Crippen MR) is 218 cm³/mol. The number of fused-ring (bicyclic) bond motifs is 7. The maximum atomic E-state index is 4.19. The van der Waals surface area contributed by atoms with Gasteiger partial charge in [-0.05, 0) is 0 Å². The summed E-state index contributed by atoms with van der Waals surface area (Å²) in [4.78, 5) is 2.78. The van der Waals surface area contributed by atoms with Crippen LogP contribution >= 0.6 is 0 Å². The zero-order valence-electron chi connectivity index (χ0n) is 29.5. The van der Waals surface area contributed by atoms with E-state index in [2.05, 4.69) is 178 Å². The fourth-order valence-electron chi connectivity index (χ4n) is 10.6. The summed E-state index contributed by atoms with van der Waals surface area (Å²) in [7, 11) is 2.49. The molecule has 1 aliphatic carbocycles. The Morgan fingerprint density at radius 1 is 0.706 bits per heavy atom. The summed E-state index contributed by atoms with van der Waals surface area (Å²) in [6.07, 6.45) is 5.78. The van der Waals surface area contributed by atoms with Gasteiger partial charge in [-0.1, -0.05) is 0 Å². The number of nitrogens with one attached hydrogen (secondary N) is 1. The van der Waals surface area contributed by atoms with Gasteiger partial charge in [0.25, 0.3) is 0 Å². The molecule has 0 bridgehead atoms. The van der Waals surface area contributed by atoms with E-state index in [9.17, 15) is 0 Å². The van der Waals surface area contributed by atoms with Crippen molar-refractivity contribution in [3.63, 3.8) is 0 Å². The molecule has 2 unspecified atom stereocenters. The second-order valence-electron chi connectivity index (χ2n) is 15.5. The van der Waals surface area contributed by atoms with E-state index >= 15 is 0 Å². The minimum absolute atomic E-state index is 0.000152. The van der Waals surface area contributed by atoms with Crippen molar-refractivity contribution in [3.05, 3.63) is 167 Å². The monoisotopic (exact) mass is 655 g/mol. The Kier molecular flexibility index (Phi) is 6.75. The predicted octanol–water partition coefficient (Wildman–Crippen LogP) is 9.14. The third-order valence-electron chi connectivity index (χ3n) is 13.1.